The van der Waals surface area contributed by atoms with Gasteiger partial charge in [0.2, 0.25) is 5.91 Å². The number of hydrogen-bond donors (Lipinski definition) is 2. The molecule has 0 saturated heterocycles. The third kappa shape index (κ3) is 6.54. The summed E-state index contributed by atoms with van der Waals surface area (Å²) in [6.45, 7) is 2.20. The van der Waals surface area contributed by atoms with Crippen molar-refractivity contribution in [2.75, 3.05) is 5.75 Å². The van der Waals surface area contributed by atoms with Crippen LogP contribution in [-0.4, -0.2) is 29.8 Å². The van der Waals surface area contributed by atoms with E-state index in [4.69, 9.17) is 9.47 Å². The number of nitrogens with one attached hydrogen (secondary N) is 1. The number of esters is 1. The van der Waals surface area contributed by atoms with Crippen LogP contribution in [0.3, 0.4) is 0 Å². The minimum Gasteiger partial charge on any atom is -0.459 e. The molecule has 0 aliphatic carbocycles. The maximum Gasteiger partial charge on any atom is 0.331 e. The molecule has 2 aromatic rings. The van der Waals surface area contributed by atoms with E-state index in [0.29, 0.717) is 6.61 Å². The first-order valence-corrected chi connectivity index (χ1v) is 8.99. The van der Waals surface area contributed by atoms with Crippen LogP contribution >= 0.6 is 12.6 Å². The largest absolute Gasteiger partial charge is 0.459 e. The van der Waals surface area contributed by atoms with E-state index >= 15 is 0 Å². The summed E-state index contributed by atoms with van der Waals surface area (Å²) in [6, 6.07) is 18.1. The zero-order chi connectivity index (χ0) is 18.8. The van der Waals surface area contributed by atoms with E-state index in [2.05, 4.69) is 17.9 Å². The van der Waals surface area contributed by atoms with E-state index in [1.165, 1.54) is 0 Å². The Morgan fingerprint density at radius 3 is 2.04 bits per heavy atom. The van der Waals surface area contributed by atoms with Gasteiger partial charge in [0.25, 0.3) is 0 Å². The second-order valence-electron chi connectivity index (χ2n) is 5.80. The van der Waals surface area contributed by atoms with E-state index < -0.39 is 18.1 Å². The zero-order valence-electron chi connectivity index (χ0n) is 14.6. The monoisotopic (exact) mass is 373 g/mol. The summed E-state index contributed by atoms with van der Waals surface area (Å²) in [5.74, 6) is -0.914. The van der Waals surface area contributed by atoms with Crippen LogP contribution < -0.4 is 5.32 Å². The lowest BCUT2D eigenvalue weighted by molar-refractivity contribution is -0.153. The van der Waals surface area contributed by atoms with Gasteiger partial charge in [0.1, 0.15) is 6.61 Å². The second-order valence-corrected chi connectivity index (χ2v) is 6.11. The fraction of sp³-hybridized carbons (Fsp3) is 0.300. The Kier molecular flexibility index (Phi) is 8.18. The minimum atomic E-state index is -0.901. The zero-order valence-corrected chi connectivity index (χ0v) is 15.5. The Hall–Kier alpha value is -2.31. The van der Waals surface area contributed by atoms with Crippen LogP contribution in [0.1, 0.15) is 18.1 Å². The number of thiol groups is 1. The predicted octanol–water partition coefficient (Wildman–Crippen LogP) is 2.75. The highest BCUT2D eigenvalue weighted by atomic mass is 32.1. The van der Waals surface area contributed by atoms with E-state index in [-0.39, 0.29) is 18.3 Å². The van der Waals surface area contributed by atoms with Crippen LogP contribution in [0, 0.1) is 0 Å². The highest BCUT2D eigenvalue weighted by molar-refractivity contribution is 7.81. The molecule has 5 nitrogen and oxygen atoms in total. The minimum absolute atomic E-state index is 0.0200. The van der Waals surface area contributed by atoms with Gasteiger partial charge in [-0.2, -0.15) is 12.6 Å². The average Bonchev–Trinajstić information content (AvgIpc) is 2.69. The molecule has 0 fully saturated rings. The molecule has 0 aliphatic heterocycles. The molecule has 1 unspecified atom stereocenters. The number of ether oxygens (including phenoxy) is 2. The van der Waals surface area contributed by atoms with Crippen molar-refractivity contribution in [2.45, 2.75) is 32.3 Å². The SMILES string of the molecule is CC(OCc1ccccc1)[C@H](NC(=O)CS)C(=O)OCc1ccccc1. The summed E-state index contributed by atoms with van der Waals surface area (Å²) in [5, 5.41) is 2.62. The Balaban J connectivity index is 1.96. The number of carbonyl (C=O) groups is 2. The van der Waals surface area contributed by atoms with Crippen LogP contribution in [0.4, 0.5) is 0 Å². The normalized spacial score (nSPS) is 12.8. The summed E-state index contributed by atoms with van der Waals surface area (Å²) < 4.78 is 11.1. The molecule has 0 heterocycles. The molecule has 2 aromatic carbocycles. The standard InChI is InChI=1S/C20H23NO4S/c1-15(24-12-16-8-4-2-5-9-16)19(21-18(22)14-26)20(23)25-13-17-10-6-3-7-11-17/h2-11,15,19,26H,12-14H2,1H3,(H,21,22)/t15?,19-/m0/s1. The third-order valence-corrected chi connectivity index (χ3v) is 4.05. The number of carbonyl (C=O) groups excluding carboxylic acids is 2. The van der Waals surface area contributed by atoms with Gasteiger partial charge >= 0.3 is 5.97 Å². The molecular formula is C20H23NO4S. The first-order chi connectivity index (χ1) is 12.6. The lowest BCUT2D eigenvalue weighted by Gasteiger charge is -2.24. The Morgan fingerprint density at radius 2 is 1.50 bits per heavy atom. The van der Waals surface area contributed by atoms with Gasteiger partial charge in [0, 0.05) is 0 Å². The van der Waals surface area contributed by atoms with Gasteiger partial charge < -0.3 is 14.8 Å². The van der Waals surface area contributed by atoms with Gasteiger partial charge in [-0.3, -0.25) is 4.79 Å². The van der Waals surface area contributed by atoms with Crippen LogP contribution in [0.15, 0.2) is 60.7 Å². The molecule has 138 valence electrons. The molecule has 1 N–H and O–H groups in total. The maximum atomic E-state index is 12.5. The van der Waals surface area contributed by atoms with Crippen molar-refractivity contribution in [1.29, 1.82) is 0 Å². The topological polar surface area (TPSA) is 64.6 Å². The molecule has 6 heteroatoms. The number of benzene rings is 2. The highest BCUT2D eigenvalue weighted by Crippen LogP contribution is 2.09. The molecule has 2 atom stereocenters. The van der Waals surface area contributed by atoms with Crippen molar-refractivity contribution in [3.8, 4) is 0 Å². The lowest BCUT2D eigenvalue weighted by atomic mass is 10.1. The van der Waals surface area contributed by atoms with Crippen LogP contribution in [0.25, 0.3) is 0 Å². The summed E-state index contributed by atoms with van der Waals surface area (Å²) in [7, 11) is 0. The molecular weight excluding hydrogens is 350 g/mol. The first kappa shape index (κ1) is 20.0. The van der Waals surface area contributed by atoms with Gasteiger partial charge in [0.15, 0.2) is 6.04 Å². The number of amides is 1. The van der Waals surface area contributed by atoms with Gasteiger partial charge in [0.05, 0.1) is 18.5 Å². The second kappa shape index (κ2) is 10.6. The third-order valence-electron chi connectivity index (χ3n) is 3.76. The van der Waals surface area contributed by atoms with E-state index in [9.17, 15) is 9.59 Å². The molecule has 26 heavy (non-hydrogen) atoms. The molecule has 0 bridgehead atoms. The van der Waals surface area contributed by atoms with Crippen molar-refractivity contribution in [3.63, 3.8) is 0 Å². The van der Waals surface area contributed by atoms with Crippen molar-refractivity contribution in [3.05, 3.63) is 71.8 Å². The van der Waals surface area contributed by atoms with Crippen molar-refractivity contribution >= 4 is 24.5 Å². The summed E-state index contributed by atoms with van der Waals surface area (Å²) in [5.41, 5.74) is 1.86. The van der Waals surface area contributed by atoms with Gasteiger partial charge in [-0.05, 0) is 18.1 Å². The van der Waals surface area contributed by atoms with E-state index in [1.807, 2.05) is 60.7 Å². The molecule has 0 aliphatic rings. The van der Waals surface area contributed by atoms with Gasteiger partial charge in [-0.1, -0.05) is 60.7 Å². The molecule has 2 rings (SSSR count). The Morgan fingerprint density at radius 1 is 0.962 bits per heavy atom. The number of rotatable bonds is 9. The fourth-order valence-electron chi connectivity index (χ4n) is 2.30. The fourth-order valence-corrected chi connectivity index (χ4v) is 2.39. The van der Waals surface area contributed by atoms with E-state index in [0.717, 1.165) is 11.1 Å². The smallest absolute Gasteiger partial charge is 0.331 e. The lowest BCUT2D eigenvalue weighted by Crippen LogP contribution is -2.49. The molecule has 0 aromatic heterocycles. The maximum absolute atomic E-state index is 12.5. The molecule has 1 amide bonds. The van der Waals surface area contributed by atoms with Crippen LogP contribution in [-0.2, 0) is 32.3 Å². The van der Waals surface area contributed by atoms with Crippen LogP contribution in [0.5, 0.6) is 0 Å². The molecule has 0 radical (unpaired) electrons. The van der Waals surface area contributed by atoms with Crippen LogP contribution in [0.2, 0.25) is 0 Å². The Labute approximate surface area is 159 Å². The summed E-state index contributed by atoms with van der Waals surface area (Å²) >= 11 is 3.94. The van der Waals surface area contributed by atoms with E-state index in [1.54, 1.807) is 6.92 Å². The molecule has 0 spiro atoms. The van der Waals surface area contributed by atoms with Gasteiger partial charge in [-0.15, -0.1) is 0 Å². The summed E-state index contributed by atoms with van der Waals surface area (Å²) in [4.78, 5) is 24.2. The summed E-state index contributed by atoms with van der Waals surface area (Å²) in [6.07, 6.45) is -0.553. The Bertz CT molecular complexity index is 693. The quantitative estimate of drug-likeness (QED) is 0.524. The predicted molar refractivity (Wildman–Crippen MR) is 103 cm³/mol. The average molecular weight is 373 g/mol. The molecule has 0 saturated carbocycles. The van der Waals surface area contributed by atoms with Crippen molar-refractivity contribution < 1.29 is 19.1 Å². The van der Waals surface area contributed by atoms with Crippen molar-refractivity contribution in [1.82, 2.24) is 5.32 Å². The number of hydrogen-bond acceptors (Lipinski definition) is 5. The van der Waals surface area contributed by atoms with Crippen molar-refractivity contribution in [2.24, 2.45) is 0 Å². The first-order valence-electron chi connectivity index (χ1n) is 8.36. The van der Waals surface area contributed by atoms with Gasteiger partial charge in [-0.25, -0.2) is 4.79 Å². The highest BCUT2D eigenvalue weighted by Gasteiger charge is 2.29.